The van der Waals surface area contributed by atoms with Crippen LogP contribution in [0.2, 0.25) is 0 Å². The molecule has 0 unspecified atom stereocenters. The summed E-state index contributed by atoms with van der Waals surface area (Å²) in [6.07, 6.45) is 5.25. The molecule has 1 saturated carbocycles. The van der Waals surface area contributed by atoms with Crippen LogP contribution in [-0.4, -0.2) is 50.6 Å². The van der Waals surface area contributed by atoms with Crippen molar-refractivity contribution in [1.29, 1.82) is 0 Å². The minimum absolute atomic E-state index is 0.0245. The quantitative estimate of drug-likeness (QED) is 0.600. The van der Waals surface area contributed by atoms with Gasteiger partial charge >= 0.3 is 0 Å². The van der Waals surface area contributed by atoms with E-state index in [1.54, 1.807) is 31.4 Å². The predicted octanol–water partition coefficient (Wildman–Crippen LogP) is 3.06. The fraction of sp³-hybridized carbons (Fsp3) is 0.542. The fourth-order valence-corrected chi connectivity index (χ4v) is 5.04. The maximum atomic E-state index is 13.6. The van der Waals surface area contributed by atoms with E-state index in [-0.39, 0.29) is 30.6 Å². The van der Waals surface area contributed by atoms with Gasteiger partial charge in [-0.05, 0) is 67.9 Å². The average Bonchev–Trinajstić information content (AvgIpc) is 2.77. The third-order valence-electron chi connectivity index (χ3n) is 6.31. The van der Waals surface area contributed by atoms with E-state index in [4.69, 9.17) is 4.74 Å². The van der Waals surface area contributed by atoms with Gasteiger partial charge in [0.25, 0.3) is 15.8 Å². The molecule has 0 amide bonds. The Balaban J connectivity index is 1.67. The van der Waals surface area contributed by atoms with Gasteiger partial charge in [0.2, 0.25) is 0 Å². The van der Waals surface area contributed by atoms with E-state index in [9.17, 15) is 17.6 Å². The first-order valence-corrected chi connectivity index (χ1v) is 12.7. The molecular formula is C24H34FN3O4S. The molecular weight excluding hydrogens is 445 g/mol. The van der Waals surface area contributed by atoms with Crippen molar-refractivity contribution in [1.82, 2.24) is 13.6 Å². The summed E-state index contributed by atoms with van der Waals surface area (Å²) < 4.78 is 49.5. The molecule has 0 spiro atoms. The van der Waals surface area contributed by atoms with Crippen molar-refractivity contribution in [2.24, 2.45) is 7.05 Å². The molecule has 9 heteroatoms. The highest BCUT2D eigenvalue weighted by Crippen LogP contribution is 2.34. The van der Waals surface area contributed by atoms with Gasteiger partial charge in [-0.2, -0.15) is 12.7 Å². The summed E-state index contributed by atoms with van der Waals surface area (Å²) >= 11 is 0. The molecule has 1 heterocycles. The monoisotopic (exact) mass is 479 g/mol. The highest BCUT2D eigenvalue weighted by Gasteiger charge is 2.26. The number of ether oxygens (including phenoxy) is 1. The summed E-state index contributed by atoms with van der Waals surface area (Å²) in [5, 5.41) is 0. The van der Waals surface area contributed by atoms with Crippen LogP contribution < -0.4 is 10.3 Å². The lowest BCUT2D eigenvalue weighted by Gasteiger charge is -2.30. The number of halogens is 1. The van der Waals surface area contributed by atoms with Crippen molar-refractivity contribution >= 4 is 10.2 Å². The number of aromatic nitrogens is 1. The van der Waals surface area contributed by atoms with E-state index >= 15 is 0 Å². The lowest BCUT2D eigenvalue weighted by Crippen LogP contribution is -2.40. The minimum Gasteiger partial charge on any atom is -0.378 e. The Hall–Kier alpha value is -2.07. The maximum absolute atomic E-state index is 13.6. The Kier molecular flexibility index (Phi) is 8.44. The van der Waals surface area contributed by atoms with Crippen LogP contribution >= 0.6 is 0 Å². The van der Waals surface area contributed by atoms with Crippen LogP contribution in [0.5, 0.6) is 0 Å². The molecule has 7 nitrogen and oxygen atoms in total. The van der Waals surface area contributed by atoms with Crippen LogP contribution in [0.3, 0.4) is 0 Å². The molecule has 0 saturated heterocycles. The van der Waals surface area contributed by atoms with Gasteiger partial charge in [-0.1, -0.05) is 12.1 Å². The Morgan fingerprint density at radius 2 is 1.91 bits per heavy atom. The molecule has 182 valence electrons. The second-order valence-electron chi connectivity index (χ2n) is 9.08. The molecule has 0 radical (unpaired) electrons. The lowest BCUT2D eigenvalue weighted by molar-refractivity contribution is 0.0168. The molecule has 1 aliphatic carbocycles. The summed E-state index contributed by atoms with van der Waals surface area (Å²) in [5.41, 5.74) is 2.32. The summed E-state index contributed by atoms with van der Waals surface area (Å²) in [4.78, 5) is 12.8. The van der Waals surface area contributed by atoms with Gasteiger partial charge in [-0.3, -0.25) is 4.79 Å². The highest BCUT2D eigenvalue weighted by atomic mass is 32.2. The van der Waals surface area contributed by atoms with Gasteiger partial charge < -0.3 is 9.30 Å². The van der Waals surface area contributed by atoms with Gasteiger partial charge in [-0.15, -0.1) is 0 Å². The van der Waals surface area contributed by atoms with E-state index < -0.39 is 16.1 Å². The predicted molar refractivity (Wildman–Crippen MR) is 127 cm³/mol. The van der Waals surface area contributed by atoms with Crippen LogP contribution in [0.1, 0.15) is 54.2 Å². The summed E-state index contributed by atoms with van der Waals surface area (Å²) in [6.45, 7) is 2.21. The zero-order valence-corrected chi connectivity index (χ0v) is 20.6. The van der Waals surface area contributed by atoms with E-state index in [2.05, 4.69) is 4.72 Å². The van der Waals surface area contributed by atoms with E-state index in [0.29, 0.717) is 11.5 Å². The molecule has 2 aromatic rings. The summed E-state index contributed by atoms with van der Waals surface area (Å²) in [7, 11) is 0.968. The minimum atomic E-state index is -3.63. The maximum Gasteiger partial charge on any atom is 0.278 e. The van der Waals surface area contributed by atoms with Gasteiger partial charge in [0.15, 0.2) is 0 Å². The molecule has 33 heavy (non-hydrogen) atoms. The van der Waals surface area contributed by atoms with Crippen molar-refractivity contribution in [2.75, 3.05) is 27.2 Å². The van der Waals surface area contributed by atoms with Crippen LogP contribution in [0.25, 0.3) is 0 Å². The lowest BCUT2D eigenvalue weighted by atomic mass is 9.82. The first-order chi connectivity index (χ1) is 15.6. The van der Waals surface area contributed by atoms with Crippen molar-refractivity contribution in [3.63, 3.8) is 0 Å². The largest absolute Gasteiger partial charge is 0.378 e. The molecule has 1 atom stereocenters. The number of aryl methyl sites for hydroxylation is 2. The van der Waals surface area contributed by atoms with Crippen molar-refractivity contribution in [3.05, 3.63) is 69.4 Å². The number of nitrogens with zero attached hydrogens (tertiary/aromatic N) is 2. The van der Waals surface area contributed by atoms with Crippen LogP contribution in [0.4, 0.5) is 4.39 Å². The third-order valence-corrected chi connectivity index (χ3v) is 7.80. The van der Waals surface area contributed by atoms with Crippen molar-refractivity contribution in [3.8, 4) is 0 Å². The van der Waals surface area contributed by atoms with Crippen LogP contribution in [0.15, 0.2) is 41.3 Å². The van der Waals surface area contributed by atoms with Crippen LogP contribution in [0, 0.1) is 12.7 Å². The molecule has 1 N–H and O–H groups in total. The Bertz CT molecular complexity index is 1110. The first kappa shape index (κ1) is 25.6. The van der Waals surface area contributed by atoms with Crippen LogP contribution in [-0.2, 0) is 22.0 Å². The second kappa shape index (κ2) is 10.9. The number of hydrogen-bond acceptors (Lipinski definition) is 4. The summed E-state index contributed by atoms with van der Waals surface area (Å²) in [6, 6.07) is 8.58. The smallest absolute Gasteiger partial charge is 0.278 e. The Morgan fingerprint density at radius 3 is 2.55 bits per heavy atom. The average molecular weight is 480 g/mol. The fourth-order valence-electron chi connectivity index (χ4n) is 4.37. The normalized spacial score (nSPS) is 20.2. The SMILES string of the molecule is Cc1cc([C@H](CNS(=O)(=O)N(C)C)CO[C@H]2CC[C@@H](c3cccc(F)c3)CC2)c(=O)n(C)c1. The zero-order valence-electron chi connectivity index (χ0n) is 19.8. The number of rotatable bonds is 9. The topological polar surface area (TPSA) is 80.6 Å². The van der Waals surface area contributed by atoms with Gasteiger partial charge in [0.1, 0.15) is 5.82 Å². The van der Waals surface area contributed by atoms with Gasteiger partial charge in [0.05, 0.1) is 12.7 Å². The Labute approximate surface area is 195 Å². The molecule has 1 aliphatic rings. The molecule has 3 rings (SSSR count). The third kappa shape index (κ3) is 6.72. The van der Waals surface area contributed by atoms with Gasteiger partial charge in [-0.25, -0.2) is 9.11 Å². The number of hydrogen-bond donors (Lipinski definition) is 1. The van der Waals surface area contributed by atoms with Gasteiger partial charge in [0, 0.05) is 45.4 Å². The summed E-state index contributed by atoms with van der Waals surface area (Å²) in [5.74, 6) is -0.319. The second-order valence-corrected chi connectivity index (χ2v) is 11.1. The number of benzene rings is 1. The van der Waals surface area contributed by atoms with Crippen molar-refractivity contribution in [2.45, 2.75) is 50.5 Å². The standard InChI is InChI=1S/C24H34FN3O4S/c1-17-12-23(24(29)28(4)15-17)20(14-26-33(30,31)27(2)3)16-32-22-10-8-18(9-11-22)19-6-5-7-21(25)13-19/h5-7,12-13,15,18,20,22,26H,8-11,14,16H2,1-4H3/t18-,20-,22+/m1/s1. The van der Waals surface area contributed by atoms with E-state index in [1.165, 1.54) is 24.7 Å². The molecule has 0 bridgehead atoms. The molecule has 0 aliphatic heterocycles. The Morgan fingerprint density at radius 1 is 1.21 bits per heavy atom. The first-order valence-electron chi connectivity index (χ1n) is 11.3. The highest BCUT2D eigenvalue weighted by molar-refractivity contribution is 7.87. The molecule has 1 fully saturated rings. The molecule has 1 aromatic heterocycles. The van der Waals surface area contributed by atoms with E-state index in [0.717, 1.165) is 41.1 Å². The number of pyridine rings is 1. The van der Waals surface area contributed by atoms with Crippen molar-refractivity contribution < 1.29 is 17.5 Å². The molecule has 1 aromatic carbocycles. The zero-order chi connectivity index (χ0) is 24.2. The number of nitrogens with one attached hydrogen (secondary N) is 1. The van der Waals surface area contributed by atoms with E-state index in [1.807, 2.05) is 13.0 Å².